The molecule has 3 rings (SSSR count). The van der Waals surface area contributed by atoms with Crippen LogP contribution in [0.1, 0.15) is 43.9 Å². The Labute approximate surface area is 167 Å². The van der Waals surface area contributed by atoms with Crippen molar-refractivity contribution in [2.24, 2.45) is 0 Å². The number of ether oxygens (including phenoxy) is 1. The summed E-state index contributed by atoms with van der Waals surface area (Å²) in [7, 11) is 0. The van der Waals surface area contributed by atoms with Crippen LogP contribution in [0.4, 0.5) is 11.4 Å². The van der Waals surface area contributed by atoms with Crippen molar-refractivity contribution < 1.29 is 4.74 Å². The Bertz CT molecular complexity index is 737. The Kier molecular flexibility index (Phi) is 6.69. The van der Waals surface area contributed by atoms with Gasteiger partial charge in [-0.3, -0.25) is 0 Å². The molecule has 0 bridgehead atoms. The molecule has 0 radical (unpaired) electrons. The first kappa shape index (κ1) is 19.6. The fourth-order valence-corrected chi connectivity index (χ4v) is 3.49. The van der Waals surface area contributed by atoms with Gasteiger partial charge in [-0.25, -0.2) is 0 Å². The van der Waals surface area contributed by atoms with Crippen molar-refractivity contribution in [2.45, 2.75) is 32.7 Å². The van der Waals surface area contributed by atoms with Crippen LogP contribution in [0.3, 0.4) is 0 Å². The first-order valence-electron chi connectivity index (χ1n) is 9.63. The number of morpholine rings is 1. The van der Waals surface area contributed by atoms with Crippen LogP contribution in [0.2, 0.25) is 0 Å². The third kappa shape index (κ3) is 5.44. The maximum Gasteiger partial charge on any atom is 0.171 e. The predicted octanol–water partition coefficient (Wildman–Crippen LogP) is 4.69. The lowest BCUT2D eigenvalue weighted by Crippen LogP contribution is -2.36. The van der Waals surface area contributed by atoms with E-state index in [4.69, 9.17) is 17.0 Å². The van der Waals surface area contributed by atoms with Gasteiger partial charge < -0.3 is 20.3 Å². The molecule has 1 aliphatic rings. The lowest BCUT2D eigenvalue weighted by Gasteiger charge is -2.29. The van der Waals surface area contributed by atoms with E-state index in [9.17, 15) is 0 Å². The minimum Gasteiger partial charge on any atom is -0.378 e. The predicted molar refractivity (Wildman–Crippen MR) is 118 cm³/mol. The Morgan fingerprint density at radius 3 is 2.11 bits per heavy atom. The highest BCUT2D eigenvalue weighted by atomic mass is 32.1. The molecule has 1 atom stereocenters. The topological polar surface area (TPSA) is 36.5 Å². The summed E-state index contributed by atoms with van der Waals surface area (Å²) in [5, 5.41) is 7.27. The standard InChI is InChI=1S/C22H29N3OS/c1-16(2)18-4-8-20(9-5-18)24-22(27)23-17(3)19-6-10-21(11-7-19)25-12-14-26-15-13-25/h4-11,16-17H,12-15H2,1-3H3,(H2,23,24,27)/t17-/m1/s1. The van der Waals surface area contributed by atoms with Crippen molar-refractivity contribution in [3.05, 3.63) is 59.7 Å². The zero-order valence-electron chi connectivity index (χ0n) is 16.4. The second kappa shape index (κ2) is 9.20. The monoisotopic (exact) mass is 383 g/mol. The number of thiocarbonyl (C=S) groups is 1. The van der Waals surface area contributed by atoms with Gasteiger partial charge in [0.05, 0.1) is 19.3 Å². The average Bonchev–Trinajstić information content (AvgIpc) is 2.69. The zero-order chi connectivity index (χ0) is 19.2. The van der Waals surface area contributed by atoms with Crippen LogP contribution in [-0.4, -0.2) is 31.4 Å². The third-order valence-corrected chi connectivity index (χ3v) is 5.17. The molecule has 1 aliphatic heterocycles. The van der Waals surface area contributed by atoms with E-state index in [1.807, 2.05) is 0 Å². The summed E-state index contributed by atoms with van der Waals surface area (Å²) in [5.41, 5.74) is 4.80. The lowest BCUT2D eigenvalue weighted by atomic mass is 10.0. The summed E-state index contributed by atoms with van der Waals surface area (Å²) in [5.74, 6) is 0.532. The van der Waals surface area contributed by atoms with Gasteiger partial charge in [-0.15, -0.1) is 0 Å². The fraction of sp³-hybridized carbons (Fsp3) is 0.409. The molecule has 27 heavy (non-hydrogen) atoms. The number of hydrogen-bond donors (Lipinski definition) is 2. The molecule has 0 saturated carbocycles. The Balaban J connectivity index is 1.54. The Morgan fingerprint density at radius 2 is 1.52 bits per heavy atom. The van der Waals surface area contributed by atoms with Crippen molar-refractivity contribution in [1.29, 1.82) is 0 Å². The van der Waals surface area contributed by atoms with Gasteiger partial charge in [0, 0.05) is 24.5 Å². The number of nitrogens with zero attached hydrogens (tertiary/aromatic N) is 1. The second-order valence-corrected chi connectivity index (χ2v) is 7.70. The van der Waals surface area contributed by atoms with E-state index in [2.05, 4.69) is 84.8 Å². The minimum atomic E-state index is 0.138. The zero-order valence-corrected chi connectivity index (χ0v) is 17.2. The number of benzene rings is 2. The summed E-state index contributed by atoms with van der Waals surface area (Å²) in [4.78, 5) is 2.36. The molecule has 2 aromatic carbocycles. The molecule has 0 aromatic heterocycles. The molecule has 4 nitrogen and oxygen atoms in total. The van der Waals surface area contributed by atoms with Crippen LogP contribution in [0.15, 0.2) is 48.5 Å². The fourth-order valence-electron chi connectivity index (χ4n) is 3.19. The summed E-state index contributed by atoms with van der Waals surface area (Å²) >= 11 is 5.48. The van der Waals surface area contributed by atoms with E-state index >= 15 is 0 Å². The van der Waals surface area contributed by atoms with Gasteiger partial charge in [0.2, 0.25) is 0 Å². The molecule has 0 amide bonds. The first-order chi connectivity index (χ1) is 13.0. The molecule has 0 aliphatic carbocycles. The third-order valence-electron chi connectivity index (χ3n) is 4.95. The minimum absolute atomic E-state index is 0.138. The van der Waals surface area contributed by atoms with Crippen LogP contribution >= 0.6 is 12.2 Å². The molecule has 2 N–H and O–H groups in total. The smallest absolute Gasteiger partial charge is 0.171 e. The quantitative estimate of drug-likeness (QED) is 0.732. The highest BCUT2D eigenvalue weighted by Crippen LogP contribution is 2.21. The number of anilines is 2. The van der Waals surface area contributed by atoms with Crippen LogP contribution in [-0.2, 0) is 4.74 Å². The maximum atomic E-state index is 5.48. The number of rotatable bonds is 5. The molecular formula is C22H29N3OS. The van der Waals surface area contributed by atoms with Crippen LogP contribution in [0.25, 0.3) is 0 Å². The summed E-state index contributed by atoms with van der Waals surface area (Å²) in [6, 6.07) is 17.3. The number of hydrogen-bond acceptors (Lipinski definition) is 3. The molecule has 2 aromatic rings. The van der Waals surface area contributed by atoms with Crippen molar-refractivity contribution in [3.63, 3.8) is 0 Å². The molecular weight excluding hydrogens is 354 g/mol. The van der Waals surface area contributed by atoms with Crippen molar-refractivity contribution in [1.82, 2.24) is 5.32 Å². The summed E-state index contributed by atoms with van der Waals surface area (Å²) in [6.45, 7) is 10.0. The summed E-state index contributed by atoms with van der Waals surface area (Å²) in [6.07, 6.45) is 0. The molecule has 5 heteroatoms. The average molecular weight is 384 g/mol. The van der Waals surface area contributed by atoms with Gasteiger partial charge in [0.25, 0.3) is 0 Å². The van der Waals surface area contributed by atoms with Crippen molar-refractivity contribution in [2.75, 3.05) is 36.5 Å². The van der Waals surface area contributed by atoms with E-state index in [0.717, 1.165) is 32.0 Å². The van der Waals surface area contributed by atoms with Crippen LogP contribution < -0.4 is 15.5 Å². The molecule has 0 spiro atoms. The Hall–Kier alpha value is -2.11. The highest BCUT2D eigenvalue weighted by molar-refractivity contribution is 7.80. The van der Waals surface area contributed by atoms with E-state index in [0.29, 0.717) is 11.0 Å². The van der Waals surface area contributed by atoms with E-state index in [1.54, 1.807) is 0 Å². The van der Waals surface area contributed by atoms with Gasteiger partial charge in [-0.05, 0) is 60.5 Å². The van der Waals surface area contributed by atoms with Gasteiger partial charge in [0.15, 0.2) is 5.11 Å². The highest BCUT2D eigenvalue weighted by Gasteiger charge is 2.12. The summed E-state index contributed by atoms with van der Waals surface area (Å²) < 4.78 is 5.42. The van der Waals surface area contributed by atoms with Gasteiger partial charge >= 0.3 is 0 Å². The van der Waals surface area contributed by atoms with Gasteiger partial charge in [-0.1, -0.05) is 38.1 Å². The van der Waals surface area contributed by atoms with Crippen LogP contribution in [0, 0.1) is 0 Å². The molecule has 1 fully saturated rings. The molecule has 1 heterocycles. The normalized spacial score (nSPS) is 15.5. The second-order valence-electron chi connectivity index (χ2n) is 7.29. The largest absolute Gasteiger partial charge is 0.378 e. The molecule has 0 unspecified atom stereocenters. The maximum absolute atomic E-state index is 5.48. The van der Waals surface area contributed by atoms with Gasteiger partial charge in [-0.2, -0.15) is 0 Å². The van der Waals surface area contributed by atoms with Crippen molar-refractivity contribution in [3.8, 4) is 0 Å². The van der Waals surface area contributed by atoms with Crippen LogP contribution in [0.5, 0.6) is 0 Å². The van der Waals surface area contributed by atoms with E-state index in [-0.39, 0.29) is 6.04 Å². The van der Waals surface area contributed by atoms with E-state index in [1.165, 1.54) is 16.8 Å². The SMILES string of the molecule is CC(C)c1ccc(NC(=S)N[C@H](C)c2ccc(N3CCOCC3)cc2)cc1. The Morgan fingerprint density at radius 1 is 0.926 bits per heavy atom. The first-order valence-corrected chi connectivity index (χ1v) is 10.0. The lowest BCUT2D eigenvalue weighted by molar-refractivity contribution is 0.122. The number of nitrogens with one attached hydrogen (secondary N) is 2. The van der Waals surface area contributed by atoms with Gasteiger partial charge in [0.1, 0.15) is 0 Å². The van der Waals surface area contributed by atoms with Crippen molar-refractivity contribution >= 4 is 28.7 Å². The molecule has 1 saturated heterocycles. The molecule has 144 valence electrons. The van der Waals surface area contributed by atoms with E-state index < -0.39 is 0 Å².